The van der Waals surface area contributed by atoms with Gasteiger partial charge in [0.1, 0.15) is 22.5 Å². The Hall–Kier alpha value is -3.00. The summed E-state index contributed by atoms with van der Waals surface area (Å²) in [7, 11) is 1.57. The van der Waals surface area contributed by atoms with Gasteiger partial charge in [-0.15, -0.1) is 0 Å². The molecule has 146 valence electrons. The highest BCUT2D eigenvalue weighted by Gasteiger charge is 2.20. The summed E-state index contributed by atoms with van der Waals surface area (Å²) in [5.74, 6) is 2.16. The number of halogens is 1. The summed E-state index contributed by atoms with van der Waals surface area (Å²) in [6.45, 7) is 7.98. The number of aryl methyl sites for hydroxylation is 1. The highest BCUT2D eigenvalue weighted by atomic mass is 35.5. The number of pyridine rings is 2. The van der Waals surface area contributed by atoms with Gasteiger partial charge in [-0.3, -0.25) is 0 Å². The van der Waals surface area contributed by atoms with E-state index in [0.29, 0.717) is 33.9 Å². The fraction of sp³-hybridized carbons (Fsp3) is 0.316. The summed E-state index contributed by atoms with van der Waals surface area (Å²) in [5, 5.41) is 3.75. The van der Waals surface area contributed by atoms with Crippen molar-refractivity contribution in [3.63, 3.8) is 0 Å². The lowest BCUT2D eigenvalue weighted by Crippen LogP contribution is -2.13. The zero-order valence-corrected chi connectivity index (χ0v) is 17.2. The number of ether oxygens (including phenoxy) is 1. The van der Waals surface area contributed by atoms with E-state index in [4.69, 9.17) is 22.1 Å². The van der Waals surface area contributed by atoms with Crippen LogP contribution in [-0.2, 0) is 5.41 Å². The molecule has 0 unspecified atom stereocenters. The van der Waals surface area contributed by atoms with Crippen LogP contribution in [0.2, 0.25) is 5.15 Å². The molecule has 0 radical (unpaired) electrons. The standard InChI is InChI=1S/C19H22ClN7O/c1-10-24-17(27-18(21)25-10)13-7-12(28-5)9-23-16(13)26-11-6-14(19(2,3)4)15(20)22-8-11/h6-9H,1-5H3,(H,23,26)(H2,21,24,25,27). The van der Waals surface area contributed by atoms with Gasteiger partial charge in [-0.1, -0.05) is 32.4 Å². The van der Waals surface area contributed by atoms with E-state index in [0.717, 1.165) is 11.3 Å². The van der Waals surface area contributed by atoms with Crippen LogP contribution < -0.4 is 15.8 Å². The molecule has 0 aliphatic heterocycles. The highest BCUT2D eigenvalue weighted by Crippen LogP contribution is 2.33. The molecule has 9 heteroatoms. The smallest absolute Gasteiger partial charge is 0.223 e. The molecular weight excluding hydrogens is 378 g/mol. The maximum absolute atomic E-state index is 6.27. The molecule has 3 N–H and O–H groups in total. The van der Waals surface area contributed by atoms with Crippen molar-refractivity contribution >= 4 is 29.1 Å². The molecule has 0 amide bonds. The Morgan fingerprint density at radius 1 is 1.07 bits per heavy atom. The Labute approximate surface area is 168 Å². The molecule has 0 atom stereocenters. The van der Waals surface area contributed by atoms with Gasteiger partial charge in [0.05, 0.1) is 30.8 Å². The molecule has 3 heterocycles. The first kappa shape index (κ1) is 19.8. The molecule has 0 aliphatic rings. The number of hydrogen-bond donors (Lipinski definition) is 2. The van der Waals surface area contributed by atoms with Crippen LogP contribution in [0.1, 0.15) is 32.2 Å². The van der Waals surface area contributed by atoms with Crippen LogP contribution in [0.3, 0.4) is 0 Å². The predicted octanol–water partition coefficient (Wildman–Crippen LogP) is 3.92. The quantitative estimate of drug-likeness (QED) is 0.635. The second-order valence-corrected chi connectivity index (χ2v) is 7.63. The molecule has 3 rings (SSSR count). The number of anilines is 3. The minimum absolute atomic E-state index is 0.138. The van der Waals surface area contributed by atoms with E-state index in [1.165, 1.54) is 0 Å². The third kappa shape index (κ3) is 4.28. The molecule has 3 aromatic heterocycles. The van der Waals surface area contributed by atoms with Gasteiger partial charge in [0, 0.05) is 0 Å². The second-order valence-electron chi connectivity index (χ2n) is 7.27. The van der Waals surface area contributed by atoms with E-state index < -0.39 is 0 Å². The normalized spacial score (nSPS) is 11.4. The van der Waals surface area contributed by atoms with Crippen molar-refractivity contribution in [3.05, 3.63) is 41.1 Å². The van der Waals surface area contributed by atoms with Crippen molar-refractivity contribution in [2.24, 2.45) is 0 Å². The third-order valence-electron chi connectivity index (χ3n) is 4.01. The van der Waals surface area contributed by atoms with Gasteiger partial charge in [0.25, 0.3) is 0 Å². The Morgan fingerprint density at radius 2 is 1.82 bits per heavy atom. The Kier molecular flexibility index (Phi) is 5.33. The number of nitrogen functional groups attached to an aromatic ring is 1. The fourth-order valence-electron chi connectivity index (χ4n) is 2.63. The molecule has 0 aliphatic carbocycles. The average Bonchev–Trinajstić information content (AvgIpc) is 2.62. The van der Waals surface area contributed by atoms with Gasteiger partial charge < -0.3 is 15.8 Å². The van der Waals surface area contributed by atoms with Crippen molar-refractivity contribution in [1.29, 1.82) is 0 Å². The van der Waals surface area contributed by atoms with Crippen molar-refractivity contribution in [2.75, 3.05) is 18.2 Å². The molecule has 0 fully saturated rings. The Bertz CT molecular complexity index is 997. The van der Waals surface area contributed by atoms with Crippen LogP contribution in [0.15, 0.2) is 24.5 Å². The van der Waals surface area contributed by atoms with Gasteiger partial charge in [0.15, 0.2) is 5.82 Å². The summed E-state index contributed by atoms with van der Waals surface area (Å²) in [6.07, 6.45) is 3.26. The Balaban J connectivity index is 2.08. The van der Waals surface area contributed by atoms with Crippen molar-refractivity contribution in [1.82, 2.24) is 24.9 Å². The topological polar surface area (TPSA) is 112 Å². The second kappa shape index (κ2) is 7.55. The summed E-state index contributed by atoms with van der Waals surface area (Å²) in [6, 6.07) is 3.75. The zero-order valence-electron chi connectivity index (χ0n) is 16.4. The summed E-state index contributed by atoms with van der Waals surface area (Å²) >= 11 is 6.27. The van der Waals surface area contributed by atoms with E-state index in [-0.39, 0.29) is 11.4 Å². The van der Waals surface area contributed by atoms with Gasteiger partial charge in [0.2, 0.25) is 5.95 Å². The lowest BCUT2D eigenvalue weighted by Gasteiger charge is -2.21. The van der Waals surface area contributed by atoms with Gasteiger partial charge in [-0.25, -0.2) is 15.0 Å². The van der Waals surface area contributed by atoms with Gasteiger partial charge in [-0.2, -0.15) is 9.97 Å². The monoisotopic (exact) mass is 399 g/mol. The van der Waals surface area contributed by atoms with E-state index in [1.54, 1.807) is 32.5 Å². The fourth-order valence-corrected chi connectivity index (χ4v) is 3.02. The van der Waals surface area contributed by atoms with Crippen LogP contribution in [0.5, 0.6) is 5.75 Å². The first-order valence-electron chi connectivity index (χ1n) is 8.63. The molecule has 3 aromatic rings. The van der Waals surface area contributed by atoms with Crippen LogP contribution in [-0.4, -0.2) is 32.0 Å². The molecular formula is C19H22ClN7O. The first-order chi connectivity index (χ1) is 13.2. The number of nitrogens with one attached hydrogen (secondary N) is 1. The van der Waals surface area contributed by atoms with Gasteiger partial charge in [-0.05, 0) is 30.0 Å². The Morgan fingerprint density at radius 3 is 2.46 bits per heavy atom. The van der Waals surface area contributed by atoms with E-state index in [1.807, 2.05) is 6.07 Å². The minimum Gasteiger partial charge on any atom is -0.495 e. The molecule has 0 saturated carbocycles. The molecule has 0 bridgehead atoms. The van der Waals surface area contributed by atoms with Crippen molar-refractivity contribution in [2.45, 2.75) is 33.1 Å². The average molecular weight is 400 g/mol. The minimum atomic E-state index is -0.155. The maximum atomic E-state index is 6.27. The van der Waals surface area contributed by atoms with E-state index >= 15 is 0 Å². The number of rotatable bonds is 4. The van der Waals surface area contributed by atoms with Crippen molar-refractivity contribution < 1.29 is 4.74 Å². The van der Waals surface area contributed by atoms with E-state index in [9.17, 15) is 0 Å². The SMILES string of the molecule is COc1cnc(Nc2cnc(Cl)c(C(C)(C)C)c2)c(-c2nc(C)nc(N)n2)c1. The van der Waals surface area contributed by atoms with Crippen molar-refractivity contribution in [3.8, 4) is 17.1 Å². The number of methoxy groups -OCH3 is 1. The zero-order chi connectivity index (χ0) is 20.5. The van der Waals surface area contributed by atoms with Crippen LogP contribution in [0.25, 0.3) is 11.4 Å². The molecule has 0 aromatic carbocycles. The number of aromatic nitrogens is 5. The third-order valence-corrected chi connectivity index (χ3v) is 4.31. The molecule has 0 saturated heterocycles. The summed E-state index contributed by atoms with van der Waals surface area (Å²) < 4.78 is 5.30. The highest BCUT2D eigenvalue weighted by molar-refractivity contribution is 6.30. The van der Waals surface area contributed by atoms with Crippen LogP contribution in [0, 0.1) is 6.92 Å². The van der Waals surface area contributed by atoms with Crippen LogP contribution >= 0.6 is 11.6 Å². The lowest BCUT2D eigenvalue weighted by atomic mass is 9.88. The molecule has 0 spiro atoms. The lowest BCUT2D eigenvalue weighted by molar-refractivity contribution is 0.413. The molecule has 28 heavy (non-hydrogen) atoms. The molecule has 8 nitrogen and oxygen atoms in total. The largest absolute Gasteiger partial charge is 0.495 e. The first-order valence-corrected chi connectivity index (χ1v) is 9.01. The predicted molar refractivity (Wildman–Crippen MR) is 110 cm³/mol. The maximum Gasteiger partial charge on any atom is 0.223 e. The number of nitrogens with zero attached hydrogens (tertiary/aromatic N) is 5. The number of hydrogen-bond acceptors (Lipinski definition) is 8. The van der Waals surface area contributed by atoms with E-state index in [2.05, 4.69) is 51.0 Å². The van der Waals surface area contributed by atoms with Gasteiger partial charge >= 0.3 is 0 Å². The summed E-state index contributed by atoms with van der Waals surface area (Å²) in [5.41, 5.74) is 7.94. The summed E-state index contributed by atoms with van der Waals surface area (Å²) in [4.78, 5) is 21.4. The number of nitrogens with two attached hydrogens (primary N) is 1. The van der Waals surface area contributed by atoms with Crippen LogP contribution in [0.4, 0.5) is 17.5 Å².